The summed E-state index contributed by atoms with van der Waals surface area (Å²) in [6.07, 6.45) is 0. The van der Waals surface area contributed by atoms with Crippen LogP contribution in [-0.2, 0) is 4.79 Å². The number of hydrogen-bond acceptors (Lipinski definition) is 2. The Labute approximate surface area is 87.5 Å². The highest BCUT2D eigenvalue weighted by molar-refractivity contribution is 5.88. The lowest BCUT2D eigenvalue weighted by Gasteiger charge is -2.03. The van der Waals surface area contributed by atoms with Gasteiger partial charge >= 0.3 is 0 Å². The van der Waals surface area contributed by atoms with Gasteiger partial charge in [-0.15, -0.1) is 0 Å². The summed E-state index contributed by atoms with van der Waals surface area (Å²) >= 11 is 0. The van der Waals surface area contributed by atoms with Crippen LogP contribution in [0.3, 0.4) is 0 Å². The molecule has 0 aliphatic rings. The molecular weight excluding hydrogens is 195 g/mol. The molecule has 1 rings (SSSR count). The molecule has 4 heteroatoms. The van der Waals surface area contributed by atoms with Crippen LogP contribution in [0.25, 0.3) is 0 Å². The van der Waals surface area contributed by atoms with Gasteiger partial charge in [-0.1, -0.05) is 11.8 Å². The fourth-order valence-electron chi connectivity index (χ4n) is 1.04. The third kappa shape index (κ3) is 3.41. The molecule has 1 aromatic rings. The number of nitrogens with one attached hydrogen (secondary N) is 1. The highest BCUT2D eigenvalue weighted by atomic mass is 19.1. The number of anilines is 1. The molecule has 1 aromatic carbocycles. The molecule has 0 aromatic heterocycles. The molecule has 0 fully saturated rings. The normalized spacial score (nSPS) is 9.00. The lowest BCUT2D eigenvalue weighted by Crippen LogP contribution is -2.07. The Balaban J connectivity index is 2.92. The predicted molar refractivity (Wildman–Crippen MR) is 56.6 cm³/mol. The molecule has 0 unspecified atom stereocenters. The zero-order chi connectivity index (χ0) is 11.3. The molecule has 3 N–H and O–H groups in total. The Morgan fingerprint density at radius 2 is 2.33 bits per heavy atom. The topological polar surface area (TPSA) is 55.1 Å². The first-order valence-electron chi connectivity index (χ1n) is 4.39. The first kappa shape index (κ1) is 11.2. The highest BCUT2D eigenvalue weighted by Crippen LogP contribution is 2.14. The molecule has 0 saturated heterocycles. The van der Waals surface area contributed by atoms with Gasteiger partial charge in [-0.05, 0) is 18.2 Å². The fourth-order valence-corrected chi connectivity index (χ4v) is 1.04. The van der Waals surface area contributed by atoms with Crippen molar-refractivity contribution < 1.29 is 9.18 Å². The van der Waals surface area contributed by atoms with E-state index in [1.165, 1.54) is 19.1 Å². The molecule has 78 valence electrons. The molecule has 0 radical (unpaired) electrons. The molecule has 15 heavy (non-hydrogen) atoms. The maximum absolute atomic E-state index is 13.3. The van der Waals surface area contributed by atoms with Crippen LogP contribution in [0.15, 0.2) is 18.2 Å². The fraction of sp³-hybridized carbons (Fsp3) is 0.182. The second kappa shape index (κ2) is 5.13. The first-order valence-corrected chi connectivity index (χ1v) is 4.39. The summed E-state index contributed by atoms with van der Waals surface area (Å²) in [5, 5.41) is 2.37. The third-order valence-corrected chi connectivity index (χ3v) is 1.61. The van der Waals surface area contributed by atoms with Gasteiger partial charge in [0.1, 0.15) is 5.82 Å². The van der Waals surface area contributed by atoms with E-state index in [1.54, 1.807) is 6.07 Å². The minimum Gasteiger partial charge on any atom is -0.324 e. The summed E-state index contributed by atoms with van der Waals surface area (Å²) in [6.45, 7) is 1.55. The van der Waals surface area contributed by atoms with Gasteiger partial charge in [-0.25, -0.2) is 4.39 Å². The molecule has 0 atom stereocenters. The van der Waals surface area contributed by atoms with Gasteiger partial charge in [0.05, 0.1) is 12.2 Å². The van der Waals surface area contributed by atoms with Crippen LogP contribution in [0.2, 0.25) is 0 Å². The molecule has 0 saturated carbocycles. The van der Waals surface area contributed by atoms with E-state index in [1.807, 2.05) is 0 Å². The van der Waals surface area contributed by atoms with Crippen LogP contribution < -0.4 is 11.1 Å². The van der Waals surface area contributed by atoms with Crippen molar-refractivity contribution in [2.75, 3.05) is 11.9 Å². The van der Waals surface area contributed by atoms with Crippen LogP contribution in [0.5, 0.6) is 0 Å². The maximum Gasteiger partial charge on any atom is 0.221 e. The molecular formula is C11H11FN2O. The van der Waals surface area contributed by atoms with Gasteiger partial charge in [0, 0.05) is 12.5 Å². The Hall–Kier alpha value is -1.86. The summed E-state index contributed by atoms with van der Waals surface area (Å²) in [4.78, 5) is 10.7. The standard InChI is InChI=1S/C11H11FN2O/c1-8(15)14-11-5-4-9(3-2-6-13)7-10(11)12/h4-5,7H,6,13H2,1H3,(H,14,15). The smallest absolute Gasteiger partial charge is 0.221 e. The molecule has 0 heterocycles. The summed E-state index contributed by atoms with van der Waals surface area (Å²) in [5.74, 6) is 4.50. The molecule has 0 bridgehead atoms. The van der Waals surface area contributed by atoms with Crippen molar-refractivity contribution in [2.45, 2.75) is 6.92 Å². The summed E-state index contributed by atoms with van der Waals surface area (Å²) in [5.41, 5.74) is 5.87. The van der Waals surface area contributed by atoms with E-state index in [0.29, 0.717) is 5.56 Å². The van der Waals surface area contributed by atoms with E-state index >= 15 is 0 Å². The number of halogens is 1. The number of benzene rings is 1. The summed E-state index contributed by atoms with van der Waals surface area (Å²) < 4.78 is 13.3. The van der Waals surface area contributed by atoms with Gasteiger partial charge < -0.3 is 11.1 Å². The van der Waals surface area contributed by atoms with Gasteiger partial charge in [0.2, 0.25) is 5.91 Å². The average molecular weight is 206 g/mol. The monoisotopic (exact) mass is 206 g/mol. The van der Waals surface area contributed by atoms with Crippen LogP contribution in [0, 0.1) is 17.7 Å². The number of carbonyl (C=O) groups excluding carboxylic acids is 1. The lowest BCUT2D eigenvalue weighted by atomic mass is 10.2. The van der Waals surface area contributed by atoms with Crippen LogP contribution in [-0.4, -0.2) is 12.5 Å². The van der Waals surface area contributed by atoms with Crippen molar-refractivity contribution in [3.63, 3.8) is 0 Å². The summed E-state index contributed by atoms with van der Waals surface area (Å²) in [7, 11) is 0. The minimum absolute atomic E-state index is 0.154. The molecule has 3 nitrogen and oxygen atoms in total. The Morgan fingerprint density at radius 3 is 2.87 bits per heavy atom. The Kier molecular flexibility index (Phi) is 3.83. The van der Waals surface area contributed by atoms with Crippen molar-refractivity contribution in [3.8, 4) is 11.8 Å². The van der Waals surface area contributed by atoms with Crippen molar-refractivity contribution in [1.29, 1.82) is 0 Å². The van der Waals surface area contributed by atoms with E-state index in [0.717, 1.165) is 0 Å². The molecule has 0 aliphatic heterocycles. The Bertz CT molecular complexity index is 432. The lowest BCUT2D eigenvalue weighted by molar-refractivity contribution is -0.114. The first-order chi connectivity index (χ1) is 7.13. The SMILES string of the molecule is CC(=O)Nc1ccc(C#CCN)cc1F. The quantitative estimate of drug-likeness (QED) is 0.676. The highest BCUT2D eigenvalue weighted by Gasteiger charge is 2.03. The molecule has 0 spiro atoms. The number of carbonyl (C=O) groups is 1. The van der Waals surface area contributed by atoms with Crippen molar-refractivity contribution >= 4 is 11.6 Å². The zero-order valence-electron chi connectivity index (χ0n) is 8.30. The van der Waals surface area contributed by atoms with Crippen molar-refractivity contribution in [2.24, 2.45) is 5.73 Å². The predicted octanol–water partition coefficient (Wildman–Crippen LogP) is 1.09. The maximum atomic E-state index is 13.3. The van der Waals surface area contributed by atoms with Crippen molar-refractivity contribution in [3.05, 3.63) is 29.6 Å². The van der Waals surface area contributed by atoms with Gasteiger partial charge in [-0.2, -0.15) is 0 Å². The second-order valence-electron chi connectivity index (χ2n) is 2.88. The number of nitrogens with two attached hydrogens (primary N) is 1. The summed E-state index contributed by atoms with van der Waals surface area (Å²) in [6, 6.07) is 4.35. The number of hydrogen-bond donors (Lipinski definition) is 2. The molecule has 1 amide bonds. The van der Waals surface area contributed by atoms with E-state index in [-0.39, 0.29) is 18.1 Å². The number of rotatable bonds is 1. The second-order valence-corrected chi connectivity index (χ2v) is 2.88. The molecule has 0 aliphatic carbocycles. The van der Waals surface area contributed by atoms with Gasteiger partial charge in [0.15, 0.2) is 0 Å². The largest absolute Gasteiger partial charge is 0.324 e. The van der Waals surface area contributed by atoms with E-state index in [9.17, 15) is 9.18 Å². The average Bonchev–Trinajstić information content (AvgIpc) is 2.18. The van der Waals surface area contributed by atoms with E-state index in [2.05, 4.69) is 17.2 Å². The van der Waals surface area contributed by atoms with E-state index in [4.69, 9.17) is 5.73 Å². The van der Waals surface area contributed by atoms with Gasteiger partial charge in [-0.3, -0.25) is 4.79 Å². The van der Waals surface area contributed by atoms with Crippen LogP contribution in [0.4, 0.5) is 10.1 Å². The third-order valence-electron chi connectivity index (χ3n) is 1.61. The zero-order valence-corrected chi connectivity index (χ0v) is 8.30. The van der Waals surface area contributed by atoms with Gasteiger partial charge in [0.25, 0.3) is 0 Å². The van der Waals surface area contributed by atoms with Crippen molar-refractivity contribution in [1.82, 2.24) is 0 Å². The van der Waals surface area contributed by atoms with Crippen LogP contribution >= 0.6 is 0 Å². The number of amides is 1. The van der Waals surface area contributed by atoms with Crippen LogP contribution in [0.1, 0.15) is 12.5 Å². The minimum atomic E-state index is -0.506. The Morgan fingerprint density at radius 1 is 1.60 bits per heavy atom. The van der Waals surface area contributed by atoms with E-state index < -0.39 is 5.82 Å².